The van der Waals surface area contributed by atoms with Crippen LogP contribution in [0.3, 0.4) is 0 Å². The summed E-state index contributed by atoms with van der Waals surface area (Å²) in [5.74, 6) is 0.707. The molecule has 1 fully saturated rings. The van der Waals surface area contributed by atoms with Crippen LogP contribution in [0.2, 0.25) is 0 Å². The molecule has 146 valence electrons. The van der Waals surface area contributed by atoms with Crippen LogP contribution in [0, 0.1) is 11.3 Å². The number of hydrogen-bond donors (Lipinski definition) is 1. The Bertz CT molecular complexity index is 837. The van der Waals surface area contributed by atoms with Gasteiger partial charge < -0.3 is 19.5 Å². The maximum atomic E-state index is 11.6. The van der Waals surface area contributed by atoms with Crippen molar-refractivity contribution in [3.63, 3.8) is 0 Å². The Balaban J connectivity index is 1.52. The summed E-state index contributed by atoms with van der Waals surface area (Å²) < 4.78 is 16.8. The van der Waals surface area contributed by atoms with Crippen LogP contribution in [0.4, 0.5) is 11.4 Å². The highest BCUT2D eigenvalue weighted by atomic mass is 16.5. The molecule has 1 saturated heterocycles. The fraction of sp³-hybridized carbons (Fsp3) is 0.364. The van der Waals surface area contributed by atoms with E-state index in [9.17, 15) is 10.1 Å². The van der Waals surface area contributed by atoms with Crippen molar-refractivity contribution in [2.24, 2.45) is 0 Å². The van der Waals surface area contributed by atoms with Crippen molar-refractivity contribution in [1.29, 1.82) is 5.26 Å². The van der Waals surface area contributed by atoms with Crippen LogP contribution >= 0.6 is 0 Å². The Labute approximate surface area is 165 Å². The summed E-state index contributed by atoms with van der Waals surface area (Å²) >= 11 is 0. The third kappa shape index (κ3) is 5.56. The van der Waals surface area contributed by atoms with Crippen molar-refractivity contribution >= 4 is 17.2 Å². The summed E-state index contributed by atoms with van der Waals surface area (Å²) in [5.41, 5.74) is 2.46. The standard InChI is InChI=1S/C22H24N2O4/c1-16(25)17-2-3-18(15-23)22(14-17)24-19-4-6-20(7-5-19)27-12-13-28-21-8-10-26-11-9-21/h2-7,14,21,24H,8-13H2,1H3. The van der Waals surface area contributed by atoms with Crippen LogP contribution in [0.25, 0.3) is 0 Å². The Morgan fingerprint density at radius 3 is 2.61 bits per heavy atom. The van der Waals surface area contributed by atoms with E-state index in [2.05, 4.69) is 11.4 Å². The first-order valence-corrected chi connectivity index (χ1v) is 9.40. The van der Waals surface area contributed by atoms with Crippen molar-refractivity contribution in [1.82, 2.24) is 0 Å². The van der Waals surface area contributed by atoms with E-state index in [4.69, 9.17) is 14.2 Å². The second kappa shape index (κ2) is 9.88. The third-order valence-electron chi connectivity index (χ3n) is 4.55. The smallest absolute Gasteiger partial charge is 0.159 e. The molecule has 0 unspecified atom stereocenters. The number of ether oxygens (including phenoxy) is 3. The minimum Gasteiger partial charge on any atom is -0.491 e. The maximum absolute atomic E-state index is 11.6. The van der Waals surface area contributed by atoms with Crippen LogP contribution in [-0.2, 0) is 9.47 Å². The Hall–Kier alpha value is -2.88. The summed E-state index contributed by atoms with van der Waals surface area (Å²) in [5, 5.41) is 12.5. The SMILES string of the molecule is CC(=O)c1ccc(C#N)c(Nc2ccc(OCCOC3CCOCC3)cc2)c1. The predicted molar refractivity (Wildman–Crippen MR) is 106 cm³/mol. The molecule has 0 saturated carbocycles. The highest BCUT2D eigenvalue weighted by molar-refractivity contribution is 5.95. The zero-order chi connectivity index (χ0) is 19.8. The van der Waals surface area contributed by atoms with E-state index in [0.717, 1.165) is 37.5 Å². The fourth-order valence-corrected chi connectivity index (χ4v) is 2.97. The number of anilines is 2. The molecular weight excluding hydrogens is 356 g/mol. The topological polar surface area (TPSA) is 80.6 Å². The molecule has 6 heteroatoms. The Morgan fingerprint density at radius 2 is 1.93 bits per heavy atom. The molecule has 0 aliphatic carbocycles. The number of Topliss-reactive ketones (excluding diaryl/α,β-unsaturated/α-hetero) is 1. The largest absolute Gasteiger partial charge is 0.491 e. The van der Waals surface area contributed by atoms with E-state index in [0.29, 0.717) is 30.0 Å². The van der Waals surface area contributed by atoms with Gasteiger partial charge in [-0.2, -0.15) is 5.26 Å². The van der Waals surface area contributed by atoms with Gasteiger partial charge in [-0.1, -0.05) is 0 Å². The van der Waals surface area contributed by atoms with Crippen molar-refractivity contribution < 1.29 is 19.0 Å². The van der Waals surface area contributed by atoms with Crippen LogP contribution < -0.4 is 10.1 Å². The van der Waals surface area contributed by atoms with Gasteiger partial charge in [-0.05, 0) is 62.2 Å². The van der Waals surface area contributed by atoms with Gasteiger partial charge in [0.1, 0.15) is 18.4 Å². The number of carbonyl (C=O) groups is 1. The van der Waals surface area contributed by atoms with Gasteiger partial charge in [0.2, 0.25) is 0 Å². The number of nitriles is 1. The molecule has 0 spiro atoms. The van der Waals surface area contributed by atoms with Crippen molar-refractivity contribution in [2.75, 3.05) is 31.7 Å². The molecule has 0 bridgehead atoms. The van der Waals surface area contributed by atoms with Crippen molar-refractivity contribution in [3.8, 4) is 11.8 Å². The molecule has 0 aromatic heterocycles. The molecule has 2 aromatic carbocycles. The lowest BCUT2D eigenvalue weighted by Gasteiger charge is -2.22. The van der Waals surface area contributed by atoms with E-state index < -0.39 is 0 Å². The van der Waals surface area contributed by atoms with Crippen LogP contribution in [0.15, 0.2) is 42.5 Å². The molecule has 2 aromatic rings. The summed E-state index contributed by atoms with van der Waals surface area (Å²) in [4.78, 5) is 11.6. The molecule has 0 radical (unpaired) electrons. The monoisotopic (exact) mass is 380 g/mol. The molecule has 1 heterocycles. The maximum Gasteiger partial charge on any atom is 0.159 e. The average Bonchev–Trinajstić information content (AvgIpc) is 2.73. The molecule has 6 nitrogen and oxygen atoms in total. The van der Waals surface area contributed by atoms with E-state index in [1.165, 1.54) is 6.92 Å². The van der Waals surface area contributed by atoms with Crippen LogP contribution in [0.5, 0.6) is 5.75 Å². The number of nitrogens with zero attached hydrogens (tertiary/aromatic N) is 1. The normalized spacial score (nSPS) is 14.3. The van der Waals surface area contributed by atoms with E-state index in [1.807, 2.05) is 24.3 Å². The van der Waals surface area contributed by atoms with Gasteiger partial charge in [0.15, 0.2) is 5.78 Å². The number of benzene rings is 2. The Kier molecular flexibility index (Phi) is 7.01. The second-order valence-electron chi connectivity index (χ2n) is 6.61. The molecule has 28 heavy (non-hydrogen) atoms. The summed E-state index contributed by atoms with van der Waals surface area (Å²) in [7, 11) is 0. The molecule has 1 N–H and O–H groups in total. The van der Waals surface area contributed by atoms with E-state index >= 15 is 0 Å². The molecule has 0 amide bonds. The fourth-order valence-electron chi connectivity index (χ4n) is 2.97. The first kappa shape index (κ1) is 19.9. The number of hydrogen-bond acceptors (Lipinski definition) is 6. The number of carbonyl (C=O) groups excluding carboxylic acids is 1. The van der Waals surface area contributed by atoms with Crippen LogP contribution in [-0.4, -0.2) is 38.3 Å². The summed E-state index contributed by atoms with van der Waals surface area (Å²) in [6.45, 7) is 4.08. The highest BCUT2D eigenvalue weighted by Crippen LogP contribution is 2.24. The van der Waals surface area contributed by atoms with Gasteiger partial charge in [0, 0.05) is 24.5 Å². The molecule has 1 aliphatic heterocycles. The average molecular weight is 380 g/mol. The summed E-state index contributed by atoms with van der Waals surface area (Å²) in [6, 6.07) is 14.6. The first-order chi connectivity index (χ1) is 13.7. The molecule has 1 aliphatic rings. The minimum absolute atomic E-state index is 0.0424. The van der Waals surface area contributed by atoms with E-state index in [1.54, 1.807) is 18.2 Å². The van der Waals surface area contributed by atoms with Gasteiger partial charge in [-0.25, -0.2) is 0 Å². The lowest BCUT2D eigenvalue weighted by molar-refractivity contribution is -0.0388. The zero-order valence-electron chi connectivity index (χ0n) is 15.9. The number of nitrogens with one attached hydrogen (secondary N) is 1. The van der Waals surface area contributed by atoms with Crippen molar-refractivity contribution in [3.05, 3.63) is 53.6 Å². The van der Waals surface area contributed by atoms with Gasteiger partial charge >= 0.3 is 0 Å². The summed E-state index contributed by atoms with van der Waals surface area (Å²) in [6.07, 6.45) is 2.15. The second-order valence-corrected chi connectivity index (χ2v) is 6.61. The van der Waals surface area contributed by atoms with Crippen molar-refractivity contribution in [2.45, 2.75) is 25.9 Å². The number of ketones is 1. The van der Waals surface area contributed by atoms with Crippen LogP contribution in [0.1, 0.15) is 35.7 Å². The van der Waals surface area contributed by atoms with Gasteiger partial charge in [0.05, 0.1) is 24.0 Å². The third-order valence-corrected chi connectivity index (χ3v) is 4.55. The molecule has 0 atom stereocenters. The van der Waals surface area contributed by atoms with Gasteiger partial charge in [0.25, 0.3) is 0 Å². The predicted octanol–water partition coefficient (Wildman–Crippen LogP) is 4.08. The van der Waals surface area contributed by atoms with Gasteiger partial charge in [-0.15, -0.1) is 0 Å². The van der Waals surface area contributed by atoms with E-state index in [-0.39, 0.29) is 11.9 Å². The minimum atomic E-state index is -0.0424. The van der Waals surface area contributed by atoms with Gasteiger partial charge in [-0.3, -0.25) is 4.79 Å². The highest BCUT2D eigenvalue weighted by Gasteiger charge is 2.13. The Morgan fingerprint density at radius 1 is 1.18 bits per heavy atom. The lowest BCUT2D eigenvalue weighted by atomic mass is 10.1. The lowest BCUT2D eigenvalue weighted by Crippen LogP contribution is -2.25. The zero-order valence-corrected chi connectivity index (χ0v) is 15.9. The quantitative estimate of drug-likeness (QED) is 0.549. The first-order valence-electron chi connectivity index (χ1n) is 9.40. The molecule has 3 rings (SSSR count). The molecular formula is C22H24N2O4. The number of rotatable bonds is 8.